The summed E-state index contributed by atoms with van der Waals surface area (Å²) in [5.41, 5.74) is 1.02. The average molecular weight is 386 g/mol. The van der Waals surface area contributed by atoms with Crippen LogP contribution in [0.3, 0.4) is 0 Å². The second-order valence-electron chi connectivity index (χ2n) is 7.19. The van der Waals surface area contributed by atoms with E-state index in [2.05, 4.69) is 22.0 Å². The number of benzene rings is 1. The molecule has 0 aromatic heterocycles. The van der Waals surface area contributed by atoms with Gasteiger partial charge in [-0.05, 0) is 50.8 Å². The second kappa shape index (κ2) is 8.02. The minimum atomic E-state index is -0.909. The van der Waals surface area contributed by atoms with Gasteiger partial charge >= 0.3 is 6.09 Å². The molecule has 2 aliphatic rings. The molecule has 7 heteroatoms. The fourth-order valence-corrected chi connectivity index (χ4v) is 4.34. The van der Waals surface area contributed by atoms with Crippen LogP contribution >= 0.6 is 23.2 Å². The molecule has 1 aliphatic heterocycles. The Balaban J connectivity index is 1.45. The van der Waals surface area contributed by atoms with E-state index in [4.69, 9.17) is 28.3 Å². The van der Waals surface area contributed by atoms with E-state index in [1.807, 2.05) is 18.2 Å². The van der Waals surface area contributed by atoms with E-state index in [1.165, 1.54) is 0 Å². The van der Waals surface area contributed by atoms with Crippen molar-refractivity contribution in [1.29, 1.82) is 0 Å². The quantitative estimate of drug-likeness (QED) is 0.805. The number of rotatable bonds is 5. The highest BCUT2D eigenvalue weighted by molar-refractivity contribution is 6.43. The SMILES string of the molecule is CC1CN(CCC2CC(NC(=O)O)C2)CCN1c1cccc(Cl)c1Cl. The third-order valence-corrected chi connectivity index (χ3v) is 6.18. The maximum absolute atomic E-state index is 10.6. The van der Waals surface area contributed by atoms with Crippen LogP contribution in [0, 0.1) is 5.92 Å². The van der Waals surface area contributed by atoms with Gasteiger partial charge in [0, 0.05) is 31.7 Å². The summed E-state index contributed by atoms with van der Waals surface area (Å²) in [4.78, 5) is 15.4. The van der Waals surface area contributed by atoms with Gasteiger partial charge < -0.3 is 15.3 Å². The van der Waals surface area contributed by atoms with Crippen LogP contribution in [0.5, 0.6) is 0 Å². The summed E-state index contributed by atoms with van der Waals surface area (Å²) in [7, 11) is 0. The fraction of sp³-hybridized carbons (Fsp3) is 0.611. The molecule has 0 radical (unpaired) electrons. The highest BCUT2D eigenvalue weighted by Crippen LogP contribution is 2.35. The summed E-state index contributed by atoms with van der Waals surface area (Å²) in [5, 5.41) is 12.5. The molecule has 1 atom stereocenters. The van der Waals surface area contributed by atoms with Gasteiger partial charge in [0.05, 0.1) is 15.7 Å². The molecule has 1 aromatic carbocycles. The third kappa shape index (κ3) is 4.52. The molecule has 1 amide bonds. The number of amides is 1. The zero-order valence-electron chi connectivity index (χ0n) is 14.4. The first-order valence-corrected chi connectivity index (χ1v) is 9.62. The number of nitrogens with one attached hydrogen (secondary N) is 1. The van der Waals surface area contributed by atoms with Crippen molar-refractivity contribution in [2.75, 3.05) is 31.1 Å². The summed E-state index contributed by atoms with van der Waals surface area (Å²) >= 11 is 12.5. The Morgan fingerprint density at radius 1 is 1.32 bits per heavy atom. The zero-order valence-corrected chi connectivity index (χ0v) is 15.9. The fourth-order valence-electron chi connectivity index (χ4n) is 3.94. The van der Waals surface area contributed by atoms with Crippen molar-refractivity contribution >= 4 is 35.0 Å². The summed E-state index contributed by atoms with van der Waals surface area (Å²) in [6, 6.07) is 6.33. The highest BCUT2D eigenvalue weighted by atomic mass is 35.5. The summed E-state index contributed by atoms with van der Waals surface area (Å²) in [5.74, 6) is 0.646. The van der Waals surface area contributed by atoms with E-state index in [0.717, 1.165) is 51.1 Å². The molecule has 5 nitrogen and oxygen atoms in total. The highest BCUT2D eigenvalue weighted by Gasteiger charge is 2.31. The van der Waals surface area contributed by atoms with Gasteiger partial charge in [-0.25, -0.2) is 4.79 Å². The molecule has 25 heavy (non-hydrogen) atoms. The molecule has 0 bridgehead atoms. The van der Waals surface area contributed by atoms with Crippen molar-refractivity contribution in [3.8, 4) is 0 Å². The Bertz CT molecular complexity index is 622. The van der Waals surface area contributed by atoms with Crippen molar-refractivity contribution in [3.05, 3.63) is 28.2 Å². The molecule has 1 unspecified atom stereocenters. The van der Waals surface area contributed by atoms with E-state index in [0.29, 0.717) is 22.0 Å². The van der Waals surface area contributed by atoms with Gasteiger partial charge in [-0.2, -0.15) is 0 Å². The standard InChI is InChI=1S/C18H25Cl2N3O2/c1-12-11-22(6-5-13-9-14(10-13)21-18(24)25)7-8-23(12)16-4-2-3-15(19)17(16)20/h2-4,12-14,21H,5-11H2,1H3,(H,24,25). The Morgan fingerprint density at radius 3 is 2.76 bits per heavy atom. The van der Waals surface area contributed by atoms with Gasteiger partial charge in [0.25, 0.3) is 0 Å². The zero-order chi connectivity index (χ0) is 18.0. The van der Waals surface area contributed by atoms with Crippen LogP contribution in [0.2, 0.25) is 10.0 Å². The van der Waals surface area contributed by atoms with Crippen LogP contribution in [-0.2, 0) is 0 Å². The summed E-state index contributed by atoms with van der Waals surface area (Å²) < 4.78 is 0. The van der Waals surface area contributed by atoms with Crippen molar-refractivity contribution in [2.45, 2.75) is 38.3 Å². The minimum absolute atomic E-state index is 0.156. The molecule has 1 saturated carbocycles. The lowest BCUT2D eigenvalue weighted by Gasteiger charge is -2.43. The Kier molecular flexibility index (Phi) is 5.97. The number of anilines is 1. The number of piperazine rings is 1. The second-order valence-corrected chi connectivity index (χ2v) is 7.97. The molecule has 1 aliphatic carbocycles. The topological polar surface area (TPSA) is 55.8 Å². The number of hydrogen-bond donors (Lipinski definition) is 2. The van der Waals surface area contributed by atoms with E-state index < -0.39 is 6.09 Å². The van der Waals surface area contributed by atoms with Crippen molar-refractivity contribution in [1.82, 2.24) is 10.2 Å². The average Bonchev–Trinajstić information content (AvgIpc) is 2.52. The predicted molar refractivity (Wildman–Crippen MR) is 102 cm³/mol. The molecular formula is C18H25Cl2N3O2. The molecule has 0 spiro atoms. The molecule has 2 fully saturated rings. The van der Waals surface area contributed by atoms with Crippen LogP contribution in [0.1, 0.15) is 26.2 Å². The molecule has 1 heterocycles. The number of carbonyl (C=O) groups is 1. The van der Waals surface area contributed by atoms with Gasteiger partial charge in [-0.3, -0.25) is 4.90 Å². The first-order chi connectivity index (χ1) is 11.9. The lowest BCUT2D eigenvalue weighted by molar-refractivity contribution is 0.147. The largest absolute Gasteiger partial charge is 0.465 e. The Hall–Kier alpha value is -1.17. The molecule has 1 saturated heterocycles. The number of hydrogen-bond acceptors (Lipinski definition) is 3. The monoisotopic (exact) mass is 385 g/mol. The molecule has 2 N–H and O–H groups in total. The van der Waals surface area contributed by atoms with E-state index >= 15 is 0 Å². The van der Waals surface area contributed by atoms with Crippen LogP contribution < -0.4 is 10.2 Å². The Morgan fingerprint density at radius 2 is 2.08 bits per heavy atom. The van der Waals surface area contributed by atoms with Crippen LogP contribution in [0.15, 0.2) is 18.2 Å². The van der Waals surface area contributed by atoms with Gasteiger partial charge in [-0.1, -0.05) is 29.3 Å². The molecule has 138 valence electrons. The van der Waals surface area contributed by atoms with Crippen molar-refractivity contribution < 1.29 is 9.90 Å². The van der Waals surface area contributed by atoms with Crippen molar-refractivity contribution in [3.63, 3.8) is 0 Å². The summed E-state index contributed by atoms with van der Waals surface area (Å²) in [6.45, 7) is 6.25. The van der Waals surface area contributed by atoms with E-state index in [1.54, 1.807) is 0 Å². The lowest BCUT2D eigenvalue weighted by Crippen LogP contribution is -2.53. The van der Waals surface area contributed by atoms with Gasteiger partial charge in [0.15, 0.2) is 0 Å². The van der Waals surface area contributed by atoms with Gasteiger partial charge in [-0.15, -0.1) is 0 Å². The number of halogens is 2. The minimum Gasteiger partial charge on any atom is -0.465 e. The molecule has 1 aromatic rings. The third-order valence-electron chi connectivity index (χ3n) is 5.37. The maximum atomic E-state index is 10.6. The lowest BCUT2D eigenvalue weighted by atomic mass is 9.78. The normalized spacial score (nSPS) is 27.0. The first-order valence-electron chi connectivity index (χ1n) is 8.86. The van der Waals surface area contributed by atoms with Gasteiger partial charge in [0.2, 0.25) is 0 Å². The van der Waals surface area contributed by atoms with Gasteiger partial charge in [0.1, 0.15) is 0 Å². The van der Waals surface area contributed by atoms with E-state index in [-0.39, 0.29) is 6.04 Å². The van der Waals surface area contributed by atoms with Crippen LogP contribution in [0.4, 0.5) is 10.5 Å². The van der Waals surface area contributed by atoms with Crippen molar-refractivity contribution in [2.24, 2.45) is 5.92 Å². The summed E-state index contributed by atoms with van der Waals surface area (Å²) in [6.07, 6.45) is 2.18. The van der Waals surface area contributed by atoms with Crippen LogP contribution in [-0.4, -0.2) is 54.4 Å². The Labute approximate surface area is 158 Å². The maximum Gasteiger partial charge on any atom is 0.404 e. The number of carboxylic acid groups (broad SMARTS) is 1. The molecular weight excluding hydrogens is 361 g/mol. The van der Waals surface area contributed by atoms with Crippen LogP contribution in [0.25, 0.3) is 0 Å². The van der Waals surface area contributed by atoms with E-state index in [9.17, 15) is 4.79 Å². The molecule has 3 rings (SSSR count). The number of nitrogens with zero attached hydrogens (tertiary/aromatic N) is 2. The predicted octanol–water partition coefficient (Wildman–Crippen LogP) is 3.94. The smallest absolute Gasteiger partial charge is 0.404 e. The first kappa shape index (κ1) is 18.6.